The van der Waals surface area contributed by atoms with Crippen molar-refractivity contribution in [1.29, 1.82) is 0 Å². The molecule has 26 heavy (non-hydrogen) atoms. The summed E-state index contributed by atoms with van der Waals surface area (Å²) in [6.07, 6.45) is -0.657. The number of nitrogens with one attached hydrogen (secondary N) is 2. The number of anilines is 1. The topological polar surface area (TPSA) is 103 Å². The number of aromatic nitrogens is 1. The van der Waals surface area contributed by atoms with Crippen molar-refractivity contribution < 1.29 is 18.7 Å². The molecule has 0 fully saturated rings. The van der Waals surface area contributed by atoms with Crippen molar-refractivity contribution in [3.8, 4) is 0 Å². The molecule has 0 bridgehead atoms. The first kappa shape index (κ1) is 19.6. The average Bonchev–Trinajstić information content (AvgIpc) is 2.77. The van der Waals surface area contributed by atoms with Crippen molar-refractivity contribution in [2.24, 2.45) is 13.0 Å². The van der Waals surface area contributed by atoms with Crippen LogP contribution in [0.3, 0.4) is 0 Å². The summed E-state index contributed by atoms with van der Waals surface area (Å²) in [5, 5.41) is 5.32. The molecule has 2 amide bonds. The number of carbonyl (C=O) groups is 2. The predicted molar refractivity (Wildman–Crippen MR) is 98.1 cm³/mol. The Morgan fingerprint density at radius 1 is 1.23 bits per heavy atom. The standard InChI is InChI=1S/C18H25N3O5/c1-10(2)14(20-16(23)26-18(3,4)5)15(22)19-11-7-8-12-13(9-11)25-17(24)21(12)6/h7-10,14H,1-6H3,(H,19,22)(H,20,23). The smallest absolute Gasteiger partial charge is 0.419 e. The lowest BCUT2D eigenvalue weighted by Crippen LogP contribution is -2.48. The van der Waals surface area contributed by atoms with Crippen LogP contribution in [0.5, 0.6) is 0 Å². The first-order valence-corrected chi connectivity index (χ1v) is 8.38. The number of hydrogen-bond donors (Lipinski definition) is 2. The first-order chi connectivity index (χ1) is 12.0. The maximum atomic E-state index is 12.6. The van der Waals surface area contributed by atoms with E-state index in [-0.39, 0.29) is 11.8 Å². The SMILES string of the molecule is CC(C)C(NC(=O)OC(C)(C)C)C(=O)Nc1ccc2c(c1)oc(=O)n2C. The molecule has 0 aliphatic heterocycles. The highest BCUT2D eigenvalue weighted by Gasteiger charge is 2.27. The third kappa shape index (κ3) is 4.65. The molecule has 0 saturated carbocycles. The zero-order chi connectivity index (χ0) is 19.6. The van der Waals surface area contributed by atoms with Gasteiger partial charge in [-0.3, -0.25) is 9.36 Å². The lowest BCUT2D eigenvalue weighted by Gasteiger charge is -2.25. The molecule has 1 aromatic carbocycles. The number of aryl methyl sites for hydroxylation is 1. The third-order valence-corrected chi connectivity index (χ3v) is 3.68. The molecular formula is C18H25N3O5. The van der Waals surface area contributed by atoms with Crippen molar-refractivity contribution in [2.45, 2.75) is 46.3 Å². The molecule has 1 heterocycles. The Balaban J connectivity index is 2.14. The van der Waals surface area contributed by atoms with Gasteiger partial charge in [0.15, 0.2) is 5.58 Å². The monoisotopic (exact) mass is 363 g/mol. The quantitative estimate of drug-likeness (QED) is 0.869. The van der Waals surface area contributed by atoms with Gasteiger partial charge in [-0.15, -0.1) is 0 Å². The van der Waals surface area contributed by atoms with E-state index in [1.807, 2.05) is 13.8 Å². The Labute approximate surface area is 151 Å². The minimum atomic E-state index is -0.775. The van der Waals surface area contributed by atoms with Gasteiger partial charge in [0, 0.05) is 18.8 Å². The van der Waals surface area contributed by atoms with E-state index in [9.17, 15) is 14.4 Å². The molecule has 2 aromatic rings. The zero-order valence-electron chi connectivity index (χ0n) is 15.9. The number of rotatable bonds is 4. The van der Waals surface area contributed by atoms with Crippen molar-refractivity contribution >= 4 is 28.8 Å². The van der Waals surface area contributed by atoms with Gasteiger partial charge in [-0.1, -0.05) is 13.8 Å². The Morgan fingerprint density at radius 2 is 1.88 bits per heavy atom. The number of carbonyl (C=O) groups excluding carboxylic acids is 2. The molecule has 0 aliphatic rings. The van der Waals surface area contributed by atoms with Crippen LogP contribution in [-0.4, -0.2) is 28.2 Å². The van der Waals surface area contributed by atoms with Gasteiger partial charge in [-0.05, 0) is 38.8 Å². The maximum absolute atomic E-state index is 12.6. The molecule has 1 atom stereocenters. The van der Waals surface area contributed by atoms with Crippen LogP contribution in [0.4, 0.5) is 10.5 Å². The maximum Gasteiger partial charge on any atom is 0.419 e. The second-order valence-corrected chi connectivity index (χ2v) is 7.47. The molecule has 0 aliphatic carbocycles. The van der Waals surface area contributed by atoms with Gasteiger partial charge in [-0.25, -0.2) is 9.59 Å². The highest BCUT2D eigenvalue weighted by Crippen LogP contribution is 2.18. The minimum absolute atomic E-state index is 0.152. The highest BCUT2D eigenvalue weighted by atomic mass is 16.6. The lowest BCUT2D eigenvalue weighted by atomic mass is 10.0. The van der Waals surface area contributed by atoms with E-state index in [1.165, 1.54) is 4.57 Å². The van der Waals surface area contributed by atoms with Crippen LogP contribution < -0.4 is 16.4 Å². The van der Waals surface area contributed by atoms with E-state index in [1.54, 1.807) is 46.0 Å². The summed E-state index contributed by atoms with van der Waals surface area (Å²) in [6.45, 7) is 8.89. The van der Waals surface area contributed by atoms with Gasteiger partial charge in [0.25, 0.3) is 0 Å². The molecule has 8 heteroatoms. The van der Waals surface area contributed by atoms with Gasteiger partial charge in [-0.2, -0.15) is 0 Å². The molecule has 2 rings (SSSR count). The fourth-order valence-corrected chi connectivity index (χ4v) is 2.40. The van der Waals surface area contributed by atoms with Crippen molar-refractivity contribution in [3.05, 3.63) is 28.7 Å². The van der Waals surface area contributed by atoms with Crippen LogP contribution in [0, 0.1) is 5.92 Å². The number of amides is 2. The molecule has 0 saturated heterocycles. The molecular weight excluding hydrogens is 338 g/mol. The first-order valence-electron chi connectivity index (χ1n) is 8.38. The molecule has 142 valence electrons. The Bertz CT molecular complexity index is 873. The lowest BCUT2D eigenvalue weighted by molar-refractivity contribution is -0.119. The van der Waals surface area contributed by atoms with E-state index in [0.29, 0.717) is 16.8 Å². The van der Waals surface area contributed by atoms with E-state index in [4.69, 9.17) is 9.15 Å². The molecule has 0 spiro atoms. The molecule has 8 nitrogen and oxygen atoms in total. The Morgan fingerprint density at radius 3 is 2.46 bits per heavy atom. The van der Waals surface area contributed by atoms with Gasteiger partial charge in [0.2, 0.25) is 5.91 Å². The van der Waals surface area contributed by atoms with Gasteiger partial charge < -0.3 is 19.8 Å². The normalized spacial score (nSPS) is 12.9. The molecule has 1 aromatic heterocycles. The largest absolute Gasteiger partial charge is 0.444 e. The van der Waals surface area contributed by atoms with Crippen LogP contribution in [0.1, 0.15) is 34.6 Å². The number of hydrogen-bond acceptors (Lipinski definition) is 5. The fourth-order valence-electron chi connectivity index (χ4n) is 2.40. The summed E-state index contributed by atoms with van der Waals surface area (Å²) in [7, 11) is 1.60. The number of nitrogens with zero attached hydrogens (tertiary/aromatic N) is 1. The Kier molecular flexibility index (Phi) is 5.44. The predicted octanol–water partition coefficient (Wildman–Crippen LogP) is 2.62. The zero-order valence-corrected chi connectivity index (χ0v) is 15.9. The molecule has 1 unspecified atom stereocenters. The number of alkyl carbamates (subject to hydrolysis) is 1. The fraction of sp³-hybridized carbons (Fsp3) is 0.500. The summed E-state index contributed by atoms with van der Waals surface area (Å²) in [5.41, 5.74) is 0.808. The van der Waals surface area contributed by atoms with Crippen LogP contribution in [0.2, 0.25) is 0 Å². The average molecular weight is 363 g/mol. The van der Waals surface area contributed by atoms with Crippen LogP contribution in [0.15, 0.2) is 27.4 Å². The second kappa shape index (κ2) is 7.23. The van der Waals surface area contributed by atoms with Gasteiger partial charge in [0.05, 0.1) is 5.52 Å². The van der Waals surface area contributed by atoms with Crippen LogP contribution in [-0.2, 0) is 16.6 Å². The molecule has 2 N–H and O–H groups in total. The summed E-state index contributed by atoms with van der Waals surface area (Å²) >= 11 is 0. The minimum Gasteiger partial charge on any atom is -0.444 e. The van der Waals surface area contributed by atoms with Crippen molar-refractivity contribution in [2.75, 3.05) is 5.32 Å². The summed E-state index contributed by atoms with van der Waals surface area (Å²) in [5.74, 6) is -1.01. The van der Waals surface area contributed by atoms with E-state index in [0.717, 1.165) is 0 Å². The van der Waals surface area contributed by atoms with Gasteiger partial charge in [0.1, 0.15) is 11.6 Å². The number of fused-ring (bicyclic) bond motifs is 1. The number of oxazole rings is 1. The number of benzene rings is 1. The van der Waals surface area contributed by atoms with E-state index < -0.39 is 23.5 Å². The second-order valence-electron chi connectivity index (χ2n) is 7.47. The number of ether oxygens (including phenoxy) is 1. The third-order valence-electron chi connectivity index (χ3n) is 3.68. The highest BCUT2D eigenvalue weighted by molar-refractivity contribution is 5.97. The van der Waals surface area contributed by atoms with E-state index >= 15 is 0 Å². The summed E-state index contributed by atoms with van der Waals surface area (Å²) in [6, 6.07) is 4.14. The van der Waals surface area contributed by atoms with Crippen LogP contribution in [0.25, 0.3) is 11.1 Å². The summed E-state index contributed by atoms with van der Waals surface area (Å²) in [4.78, 5) is 36.1. The van der Waals surface area contributed by atoms with Crippen molar-refractivity contribution in [1.82, 2.24) is 9.88 Å². The van der Waals surface area contributed by atoms with Gasteiger partial charge >= 0.3 is 11.8 Å². The summed E-state index contributed by atoms with van der Waals surface area (Å²) < 4.78 is 11.7. The van der Waals surface area contributed by atoms with E-state index in [2.05, 4.69) is 10.6 Å². The van der Waals surface area contributed by atoms with Crippen LogP contribution >= 0.6 is 0 Å². The molecule has 0 radical (unpaired) electrons. The Hall–Kier alpha value is -2.77. The van der Waals surface area contributed by atoms with Crippen molar-refractivity contribution in [3.63, 3.8) is 0 Å².